The lowest BCUT2D eigenvalue weighted by molar-refractivity contribution is 0.0617. The maximum absolute atomic E-state index is 12.6. The number of carbonyl (C=O) groups is 1. The molecule has 3 fully saturated rings. The van der Waals surface area contributed by atoms with Crippen LogP contribution in [0.5, 0.6) is 0 Å². The largest absolute Gasteiger partial charge is 0.464 e. The zero-order valence-electron chi connectivity index (χ0n) is 12.5. The van der Waals surface area contributed by atoms with E-state index in [9.17, 15) is 4.79 Å². The minimum atomic E-state index is -0.0904. The number of furan rings is 1. The van der Waals surface area contributed by atoms with Gasteiger partial charge in [-0.05, 0) is 44.2 Å². The molecule has 5 nitrogen and oxygen atoms in total. The van der Waals surface area contributed by atoms with Crippen LogP contribution in [0.2, 0.25) is 0 Å². The van der Waals surface area contributed by atoms with Crippen LogP contribution in [0, 0.1) is 5.92 Å². The highest BCUT2D eigenvalue weighted by Crippen LogP contribution is 2.29. The number of hydrogen-bond donors (Lipinski definition) is 1. The third-order valence-electron chi connectivity index (χ3n) is 4.81. The van der Waals surface area contributed by atoms with Crippen molar-refractivity contribution >= 4 is 28.6 Å². The second kappa shape index (κ2) is 5.59. The predicted molar refractivity (Wildman–Crippen MR) is 86.2 cm³/mol. The standard InChI is InChI=1S/C16H19N3O2S/c1-22-16-11-4-7-21-14(11)8-12(18-16)15(20)17-13-9-19-5-2-10(13)3-6-19/h4,7-8,10,13H,2-3,5-6,9H2,1H3,(H,17,20). The van der Waals surface area contributed by atoms with Gasteiger partial charge in [0.2, 0.25) is 0 Å². The van der Waals surface area contributed by atoms with E-state index in [0.29, 0.717) is 11.6 Å². The summed E-state index contributed by atoms with van der Waals surface area (Å²) in [5.41, 5.74) is 1.17. The second-order valence-electron chi connectivity index (χ2n) is 6.07. The van der Waals surface area contributed by atoms with E-state index in [1.54, 1.807) is 12.3 Å². The van der Waals surface area contributed by atoms with Gasteiger partial charge in [0.25, 0.3) is 5.91 Å². The van der Waals surface area contributed by atoms with Gasteiger partial charge >= 0.3 is 0 Å². The zero-order chi connectivity index (χ0) is 15.1. The van der Waals surface area contributed by atoms with Gasteiger partial charge in [0.05, 0.1) is 11.6 Å². The quantitative estimate of drug-likeness (QED) is 0.881. The van der Waals surface area contributed by atoms with E-state index in [0.717, 1.165) is 22.5 Å². The average Bonchev–Trinajstić information content (AvgIpc) is 3.03. The molecule has 0 spiro atoms. The van der Waals surface area contributed by atoms with Crippen molar-refractivity contribution in [3.63, 3.8) is 0 Å². The van der Waals surface area contributed by atoms with E-state index in [1.165, 1.54) is 37.7 Å². The SMILES string of the molecule is CSc1nc(C(=O)NC2CN3CCC2CC3)cc2occc12. The molecule has 5 rings (SSSR count). The molecule has 3 saturated heterocycles. The average molecular weight is 317 g/mol. The van der Waals surface area contributed by atoms with Crippen LogP contribution >= 0.6 is 11.8 Å². The number of hydrogen-bond acceptors (Lipinski definition) is 5. The molecule has 0 aliphatic carbocycles. The molecule has 1 atom stereocenters. The van der Waals surface area contributed by atoms with Crippen LogP contribution in [0.4, 0.5) is 0 Å². The molecular formula is C16H19N3O2S. The van der Waals surface area contributed by atoms with Gasteiger partial charge in [-0.25, -0.2) is 4.98 Å². The van der Waals surface area contributed by atoms with Gasteiger partial charge in [-0.15, -0.1) is 11.8 Å². The summed E-state index contributed by atoms with van der Waals surface area (Å²) in [4.78, 5) is 19.5. The van der Waals surface area contributed by atoms with E-state index in [2.05, 4.69) is 15.2 Å². The molecule has 0 aromatic carbocycles. The number of aromatic nitrogens is 1. The molecule has 1 N–H and O–H groups in total. The Morgan fingerprint density at radius 3 is 2.95 bits per heavy atom. The number of thioether (sulfide) groups is 1. The van der Waals surface area contributed by atoms with Crippen molar-refractivity contribution in [2.45, 2.75) is 23.9 Å². The van der Waals surface area contributed by atoms with Crippen molar-refractivity contribution in [3.05, 3.63) is 24.1 Å². The molecule has 5 heterocycles. The molecule has 6 heteroatoms. The molecule has 22 heavy (non-hydrogen) atoms. The number of nitrogens with zero attached hydrogens (tertiary/aromatic N) is 2. The molecule has 1 unspecified atom stereocenters. The molecule has 3 aliphatic rings. The Balaban J connectivity index is 1.57. The third kappa shape index (κ3) is 2.40. The number of carbonyl (C=O) groups excluding carboxylic acids is 1. The second-order valence-corrected chi connectivity index (χ2v) is 6.86. The van der Waals surface area contributed by atoms with Gasteiger partial charge in [-0.1, -0.05) is 0 Å². The molecular weight excluding hydrogens is 298 g/mol. The lowest BCUT2D eigenvalue weighted by Gasteiger charge is -2.44. The fourth-order valence-corrected chi connectivity index (χ4v) is 4.16. The van der Waals surface area contributed by atoms with Crippen molar-refractivity contribution in [2.75, 3.05) is 25.9 Å². The molecule has 2 bridgehead atoms. The predicted octanol–water partition coefficient (Wildman–Crippen LogP) is 2.37. The Morgan fingerprint density at radius 1 is 1.45 bits per heavy atom. The monoisotopic (exact) mass is 317 g/mol. The Morgan fingerprint density at radius 2 is 2.27 bits per heavy atom. The first kappa shape index (κ1) is 14.1. The summed E-state index contributed by atoms with van der Waals surface area (Å²) in [5.74, 6) is 0.522. The fraction of sp³-hybridized carbons (Fsp3) is 0.500. The fourth-order valence-electron chi connectivity index (χ4n) is 3.58. The van der Waals surface area contributed by atoms with Gasteiger partial charge in [-0.2, -0.15) is 0 Å². The number of rotatable bonds is 3. The van der Waals surface area contributed by atoms with Gasteiger partial charge in [0.1, 0.15) is 16.3 Å². The summed E-state index contributed by atoms with van der Waals surface area (Å²) >= 11 is 1.53. The summed E-state index contributed by atoms with van der Waals surface area (Å²) in [6.45, 7) is 3.31. The van der Waals surface area contributed by atoms with Crippen LogP contribution in [0.15, 0.2) is 27.8 Å². The first-order chi connectivity index (χ1) is 10.7. The van der Waals surface area contributed by atoms with Crippen molar-refractivity contribution in [3.8, 4) is 0 Å². The zero-order valence-corrected chi connectivity index (χ0v) is 13.4. The summed E-state index contributed by atoms with van der Waals surface area (Å²) in [7, 11) is 0. The molecule has 3 aliphatic heterocycles. The molecule has 0 saturated carbocycles. The third-order valence-corrected chi connectivity index (χ3v) is 5.51. The minimum Gasteiger partial charge on any atom is -0.464 e. The van der Waals surface area contributed by atoms with Crippen LogP contribution in [-0.4, -0.2) is 47.7 Å². The van der Waals surface area contributed by atoms with Gasteiger partial charge in [0.15, 0.2) is 0 Å². The van der Waals surface area contributed by atoms with Crippen molar-refractivity contribution in [1.82, 2.24) is 15.2 Å². The highest BCUT2D eigenvalue weighted by atomic mass is 32.2. The summed E-state index contributed by atoms with van der Waals surface area (Å²) in [6, 6.07) is 3.89. The number of piperidine rings is 3. The summed E-state index contributed by atoms with van der Waals surface area (Å²) < 4.78 is 5.45. The number of amides is 1. The lowest BCUT2D eigenvalue weighted by atomic mass is 9.84. The molecule has 2 aromatic rings. The maximum atomic E-state index is 12.6. The van der Waals surface area contributed by atoms with Crippen LogP contribution in [0.1, 0.15) is 23.3 Å². The first-order valence-electron chi connectivity index (χ1n) is 7.70. The van der Waals surface area contributed by atoms with Crippen LogP contribution < -0.4 is 5.32 Å². The smallest absolute Gasteiger partial charge is 0.270 e. The van der Waals surface area contributed by atoms with E-state index in [1.807, 2.05) is 12.3 Å². The van der Waals surface area contributed by atoms with Gasteiger partial charge in [-0.3, -0.25) is 4.79 Å². The van der Waals surface area contributed by atoms with Crippen molar-refractivity contribution in [2.24, 2.45) is 5.92 Å². The Kier molecular flexibility index (Phi) is 3.58. The van der Waals surface area contributed by atoms with E-state index >= 15 is 0 Å². The van der Waals surface area contributed by atoms with Gasteiger partial charge in [0, 0.05) is 18.7 Å². The summed E-state index contributed by atoms with van der Waals surface area (Å²) in [6.07, 6.45) is 5.97. The topological polar surface area (TPSA) is 58.4 Å². The van der Waals surface area contributed by atoms with Crippen LogP contribution in [0.25, 0.3) is 11.0 Å². The number of pyridine rings is 1. The lowest BCUT2D eigenvalue weighted by Crippen LogP contribution is -2.57. The van der Waals surface area contributed by atoms with Crippen molar-refractivity contribution < 1.29 is 9.21 Å². The number of nitrogens with one attached hydrogen (secondary N) is 1. The highest BCUT2D eigenvalue weighted by molar-refractivity contribution is 7.98. The Bertz CT molecular complexity index is 706. The molecule has 0 radical (unpaired) electrons. The molecule has 116 valence electrons. The Hall–Kier alpha value is -1.53. The van der Waals surface area contributed by atoms with E-state index in [4.69, 9.17) is 4.42 Å². The Labute approximate surface area is 133 Å². The maximum Gasteiger partial charge on any atom is 0.270 e. The van der Waals surface area contributed by atoms with E-state index < -0.39 is 0 Å². The van der Waals surface area contributed by atoms with E-state index in [-0.39, 0.29) is 11.9 Å². The van der Waals surface area contributed by atoms with Gasteiger partial charge < -0.3 is 14.6 Å². The van der Waals surface area contributed by atoms with Crippen LogP contribution in [0.3, 0.4) is 0 Å². The highest BCUT2D eigenvalue weighted by Gasteiger charge is 2.35. The molecule has 1 amide bonds. The molecule has 2 aromatic heterocycles. The van der Waals surface area contributed by atoms with Crippen LogP contribution in [-0.2, 0) is 0 Å². The first-order valence-corrected chi connectivity index (χ1v) is 8.92. The normalized spacial score (nSPS) is 27.2. The minimum absolute atomic E-state index is 0.0904. The summed E-state index contributed by atoms with van der Waals surface area (Å²) in [5, 5.41) is 4.98. The van der Waals surface area contributed by atoms with Crippen molar-refractivity contribution in [1.29, 1.82) is 0 Å². The number of fused-ring (bicyclic) bond motifs is 4.